The molecular formula is C14H11FN4O. The van der Waals surface area contributed by atoms with Crippen LogP contribution in [-0.4, -0.2) is 16.1 Å². The van der Waals surface area contributed by atoms with Crippen LogP contribution >= 0.6 is 0 Å². The molecule has 0 aliphatic heterocycles. The third-order valence-corrected chi connectivity index (χ3v) is 2.70. The number of benzene rings is 1. The minimum absolute atomic E-state index is 0.0646. The Balaban J connectivity index is 2.33. The highest BCUT2D eigenvalue weighted by Crippen LogP contribution is 2.17. The molecule has 100 valence electrons. The summed E-state index contributed by atoms with van der Waals surface area (Å²) in [5.41, 5.74) is 1.78. The maximum Gasteiger partial charge on any atom is 0.257 e. The highest BCUT2D eigenvalue weighted by molar-refractivity contribution is 6.05. The summed E-state index contributed by atoms with van der Waals surface area (Å²) in [5.74, 6) is -0.944. The number of hydrogen-bond acceptors (Lipinski definition) is 4. The quantitative estimate of drug-likeness (QED) is 0.908. The van der Waals surface area contributed by atoms with Crippen LogP contribution in [0.25, 0.3) is 0 Å². The van der Waals surface area contributed by atoms with Crippen molar-refractivity contribution in [3.63, 3.8) is 0 Å². The molecule has 0 aliphatic carbocycles. The van der Waals surface area contributed by atoms with Crippen LogP contribution in [0.5, 0.6) is 0 Å². The van der Waals surface area contributed by atoms with Gasteiger partial charge in [0.1, 0.15) is 11.9 Å². The number of nitrogens with one attached hydrogen (secondary N) is 1. The van der Waals surface area contributed by atoms with Crippen LogP contribution in [0.2, 0.25) is 0 Å². The molecule has 1 aromatic carbocycles. The monoisotopic (exact) mass is 270 g/mol. The highest BCUT2D eigenvalue weighted by atomic mass is 19.1. The molecule has 0 aliphatic rings. The predicted molar refractivity (Wildman–Crippen MR) is 70.6 cm³/mol. The second-order valence-corrected chi connectivity index (χ2v) is 4.24. The van der Waals surface area contributed by atoms with Gasteiger partial charge in [-0.05, 0) is 38.1 Å². The van der Waals surface area contributed by atoms with Gasteiger partial charge in [0.25, 0.3) is 5.91 Å². The predicted octanol–water partition coefficient (Wildman–Crippen LogP) is 2.36. The van der Waals surface area contributed by atoms with E-state index in [4.69, 9.17) is 5.26 Å². The molecule has 0 atom stereocenters. The average molecular weight is 270 g/mol. The van der Waals surface area contributed by atoms with Gasteiger partial charge in [0.2, 0.25) is 0 Å². The number of rotatable bonds is 2. The topological polar surface area (TPSA) is 78.7 Å². The van der Waals surface area contributed by atoms with Gasteiger partial charge in [-0.15, -0.1) is 0 Å². The van der Waals surface area contributed by atoms with E-state index in [0.717, 1.165) is 6.07 Å². The molecule has 0 saturated heterocycles. The van der Waals surface area contributed by atoms with Gasteiger partial charge in [0, 0.05) is 0 Å². The van der Waals surface area contributed by atoms with Crippen molar-refractivity contribution in [2.75, 3.05) is 5.32 Å². The van der Waals surface area contributed by atoms with Crippen LogP contribution in [0, 0.1) is 31.0 Å². The summed E-state index contributed by atoms with van der Waals surface area (Å²) in [6.45, 7) is 3.39. The summed E-state index contributed by atoms with van der Waals surface area (Å²) < 4.78 is 13.0. The fourth-order valence-corrected chi connectivity index (χ4v) is 1.69. The van der Waals surface area contributed by atoms with E-state index in [9.17, 15) is 9.18 Å². The van der Waals surface area contributed by atoms with Crippen molar-refractivity contribution in [2.24, 2.45) is 0 Å². The second-order valence-electron chi connectivity index (χ2n) is 4.24. The van der Waals surface area contributed by atoms with Gasteiger partial charge in [0.05, 0.1) is 28.2 Å². The third-order valence-electron chi connectivity index (χ3n) is 2.70. The molecule has 2 rings (SSSR count). The summed E-state index contributed by atoms with van der Waals surface area (Å²) in [6, 6.07) is 7.04. The molecular weight excluding hydrogens is 259 g/mol. The molecule has 0 saturated carbocycles. The van der Waals surface area contributed by atoms with E-state index in [-0.39, 0.29) is 11.3 Å². The molecule has 2 aromatic rings. The van der Waals surface area contributed by atoms with Crippen molar-refractivity contribution in [1.82, 2.24) is 10.2 Å². The first-order valence-electron chi connectivity index (χ1n) is 5.83. The van der Waals surface area contributed by atoms with Crippen molar-refractivity contribution < 1.29 is 9.18 Å². The zero-order valence-corrected chi connectivity index (χ0v) is 10.9. The summed E-state index contributed by atoms with van der Waals surface area (Å²) in [6.07, 6.45) is 0. The van der Waals surface area contributed by atoms with E-state index in [2.05, 4.69) is 15.5 Å². The normalized spacial score (nSPS) is 9.90. The van der Waals surface area contributed by atoms with Crippen molar-refractivity contribution in [3.8, 4) is 6.07 Å². The smallest absolute Gasteiger partial charge is 0.257 e. The van der Waals surface area contributed by atoms with E-state index >= 15 is 0 Å². The Kier molecular flexibility index (Phi) is 3.71. The van der Waals surface area contributed by atoms with Crippen molar-refractivity contribution in [1.29, 1.82) is 5.26 Å². The Morgan fingerprint density at radius 1 is 1.30 bits per heavy atom. The Morgan fingerprint density at radius 3 is 2.75 bits per heavy atom. The van der Waals surface area contributed by atoms with Crippen molar-refractivity contribution in [3.05, 3.63) is 52.6 Å². The van der Waals surface area contributed by atoms with E-state index in [0.29, 0.717) is 17.0 Å². The van der Waals surface area contributed by atoms with Crippen LogP contribution in [0.3, 0.4) is 0 Å². The Hall–Kier alpha value is -2.81. The number of hydrogen-bond donors (Lipinski definition) is 1. The Labute approximate surface area is 115 Å². The van der Waals surface area contributed by atoms with Gasteiger partial charge in [-0.2, -0.15) is 15.5 Å². The van der Waals surface area contributed by atoms with Crippen molar-refractivity contribution in [2.45, 2.75) is 13.8 Å². The maximum atomic E-state index is 13.0. The lowest BCUT2D eigenvalue weighted by Gasteiger charge is -2.08. The molecule has 5 nitrogen and oxygen atoms in total. The molecule has 1 N–H and O–H groups in total. The van der Waals surface area contributed by atoms with Crippen LogP contribution in [0.4, 0.5) is 10.1 Å². The number of nitriles is 1. The van der Waals surface area contributed by atoms with E-state index in [1.165, 1.54) is 12.1 Å². The van der Waals surface area contributed by atoms with Crippen LogP contribution in [0.1, 0.15) is 27.3 Å². The lowest BCUT2D eigenvalue weighted by molar-refractivity contribution is 0.102. The number of carbonyl (C=O) groups is 1. The zero-order valence-electron chi connectivity index (χ0n) is 10.9. The summed E-state index contributed by atoms with van der Waals surface area (Å²) in [7, 11) is 0. The van der Waals surface area contributed by atoms with Gasteiger partial charge >= 0.3 is 0 Å². The summed E-state index contributed by atoms with van der Waals surface area (Å²) in [4.78, 5) is 12.2. The van der Waals surface area contributed by atoms with Gasteiger partial charge < -0.3 is 5.32 Å². The number of nitrogens with zero attached hydrogens (tertiary/aromatic N) is 3. The van der Waals surface area contributed by atoms with Gasteiger partial charge in [0.15, 0.2) is 0 Å². The first-order chi connectivity index (χ1) is 9.51. The van der Waals surface area contributed by atoms with E-state index in [1.807, 2.05) is 6.07 Å². The lowest BCUT2D eigenvalue weighted by atomic mass is 10.1. The van der Waals surface area contributed by atoms with E-state index in [1.54, 1.807) is 19.9 Å². The highest BCUT2D eigenvalue weighted by Gasteiger charge is 2.13. The number of aryl methyl sites for hydroxylation is 2. The maximum absolute atomic E-state index is 13.0. The van der Waals surface area contributed by atoms with Crippen LogP contribution in [0.15, 0.2) is 24.3 Å². The fourth-order valence-electron chi connectivity index (χ4n) is 1.69. The number of halogens is 1. The minimum atomic E-state index is -0.530. The number of carbonyl (C=O) groups excluding carboxylic acids is 1. The zero-order chi connectivity index (χ0) is 14.7. The summed E-state index contributed by atoms with van der Waals surface area (Å²) >= 11 is 0. The molecule has 0 radical (unpaired) electrons. The molecule has 1 heterocycles. The molecule has 6 heteroatoms. The van der Waals surface area contributed by atoms with Gasteiger partial charge in [-0.1, -0.05) is 0 Å². The molecule has 1 amide bonds. The number of amides is 1. The molecule has 0 unspecified atom stereocenters. The van der Waals surface area contributed by atoms with Crippen LogP contribution < -0.4 is 5.32 Å². The van der Waals surface area contributed by atoms with E-state index < -0.39 is 11.7 Å². The first kappa shape index (κ1) is 13.6. The largest absolute Gasteiger partial charge is 0.321 e. The SMILES string of the molecule is Cc1cc(C(=O)Nc2ccc(F)cc2C#N)c(C)nn1. The first-order valence-corrected chi connectivity index (χ1v) is 5.83. The van der Waals surface area contributed by atoms with Crippen LogP contribution in [-0.2, 0) is 0 Å². The third kappa shape index (κ3) is 2.78. The molecule has 0 spiro atoms. The number of aromatic nitrogens is 2. The second kappa shape index (κ2) is 5.45. The van der Waals surface area contributed by atoms with Gasteiger partial charge in [-0.3, -0.25) is 4.79 Å². The molecule has 0 fully saturated rings. The lowest BCUT2D eigenvalue weighted by Crippen LogP contribution is -2.16. The molecule has 1 aromatic heterocycles. The fraction of sp³-hybridized carbons (Fsp3) is 0.143. The summed E-state index contributed by atoms with van der Waals surface area (Å²) in [5, 5.41) is 19.2. The average Bonchev–Trinajstić information content (AvgIpc) is 2.43. The van der Waals surface area contributed by atoms with Crippen molar-refractivity contribution >= 4 is 11.6 Å². The number of anilines is 1. The minimum Gasteiger partial charge on any atom is -0.321 e. The Bertz CT molecular complexity index is 722. The molecule has 20 heavy (non-hydrogen) atoms. The Morgan fingerprint density at radius 2 is 2.05 bits per heavy atom. The molecule has 0 bridgehead atoms. The van der Waals surface area contributed by atoms with Gasteiger partial charge in [-0.25, -0.2) is 4.39 Å². The standard InChI is InChI=1S/C14H11FN4O/c1-8-5-12(9(2)19-18-8)14(20)17-13-4-3-11(15)6-10(13)7-16/h3-6H,1-2H3,(H,17,20).